The van der Waals surface area contributed by atoms with E-state index in [0.29, 0.717) is 27.7 Å². The summed E-state index contributed by atoms with van der Waals surface area (Å²) in [6.07, 6.45) is 1.42. The van der Waals surface area contributed by atoms with Gasteiger partial charge in [0, 0.05) is 10.6 Å². The first-order valence-corrected chi connectivity index (χ1v) is 9.13. The average Bonchev–Trinajstić information content (AvgIpc) is 3.28. The Morgan fingerprint density at radius 1 is 1.17 bits per heavy atom. The molecular weight excluding hydrogens is 392 g/mol. The number of hydrogen-bond acceptors (Lipinski definition) is 5. The van der Waals surface area contributed by atoms with Crippen molar-refractivity contribution < 1.29 is 14.0 Å². The van der Waals surface area contributed by atoms with Gasteiger partial charge in [0.1, 0.15) is 11.8 Å². The molecule has 0 unspecified atom stereocenters. The van der Waals surface area contributed by atoms with Crippen LogP contribution in [0.2, 0.25) is 5.02 Å². The van der Waals surface area contributed by atoms with Gasteiger partial charge in [-0.15, -0.1) is 0 Å². The zero-order chi connectivity index (χ0) is 20.6. The second-order valence-electron chi connectivity index (χ2n) is 6.79. The number of rotatable bonds is 4. The zero-order valence-corrected chi connectivity index (χ0v) is 16.1. The van der Waals surface area contributed by atoms with Crippen molar-refractivity contribution in [3.63, 3.8) is 0 Å². The van der Waals surface area contributed by atoms with Crippen LogP contribution in [0.3, 0.4) is 0 Å². The summed E-state index contributed by atoms with van der Waals surface area (Å²) in [6, 6.07) is 15.0. The SMILES string of the molecule is C[C@@]1(c2ccc(C#N)cc2)NC(=O)N(Cc2coc(-c3ccc(Cl)cc3)n2)C1=O. The number of aromatic nitrogens is 1. The molecule has 0 spiro atoms. The van der Waals surface area contributed by atoms with Crippen molar-refractivity contribution in [3.05, 3.63) is 76.6 Å². The van der Waals surface area contributed by atoms with E-state index >= 15 is 0 Å². The first-order valence-electron chi connectivity index (χ1n) is 8.76. The highest BCUT2D eigenvalue weighted by Gasteiger charge is 2.49. The van der Waals surface area contributed by atoms with Crippen LogP contribution in [0.5, 0.6) is 0 Å². The summed E-state index contributed by atoms with van der Waals surface area (Å²) >= 11 is 5.89. The van der Waals surface area contributed by atoms with Gasteiger partial charge in [0.2, 0.25) is 5.89 Å². The lowest BCUT2D eigenvalue weighted by atomic mass is 9.91. The average molecular weight is 407 g/mol. The van der Waals surface area contributed by atoms with Gasteiger partial charge in [0.25, 0.3) is 5.91 Å². The topological polar surface area (TPSA) is 99.2 Å². The molecule has 1 aromatic heterocycles. The van der Waals surface area contributed by atoms with Crippen LogP contribution in [0.25, 0.3) is 11.5 Å². The summed E-state index contributed by atoms with van der Waals surface area (Å²) in [5, 5.41) is 12.3. The summed E-state index contributed by atoms with van der Waals surface area (Å²) in [5.41, 5.74) is 1.04. The number of nitrogens with one attached hydrogen (secondary N) is 1. The van der Waals surface area contributed by atoms with E-state index in [1.807, 2.05) is 6.07 Å². The molecule has 8 heteroatoms. The summed E-state index contributed by atoms with van der Waals surface area (Å²) in [5.74, 6) is -0.0261. The van der Waals surface area contributed by atoms with Crippen LogP contribution < -0.4 is 5.32 Å². The van der Waals surface area contributed by atoms with Crippen molar-refractivity contribution in [1.82, 2.24) is 15.2 Å². The summed E-state index contributed by atoms with van der Waals surface area (Å²) in [6.45, 7) is 1.62. The Hall–Kier alpha value is -3.63. The number of halogens is 1. The maximum absolute atomic E-state index is 13.0. The quantitative estimate of drug-likeness (QED) is 0.663. The maximum atomic E-state index is 13.0. The van der Waals surface area contributed by atoms with Gasteiger partial charge in [-0.2, -0.15) is 5.26 Å². The summed E-state index contributed by atoms with van der Waals surface area (Å²) in [7, 11) is 0. The second kappa shape index (κ2) is 7.08. The third kappa shape index (κ3) is 3.35. The number of urea groups is 1. The number of carbonyl (C=O) groups is 2. The van der Waals surface area contributed by atoms with E-state index in [1.165, 1.54) is 6.26 Å². The Kier molecular flexibility index (Phi) is 4.57. The highest BCUT2D eigenvalue weighted by atomic mass is 35.5. The van der Waals surface area contributed by atoms with Crippen molar-refractivity contribution in [3.8, 4) is 17.5 Å². The van der Waals surface area contributed by atoms with E-state index in [4.69, 9.17) is 21.3 Å². The van der Waals surface area contributed by atoms with Gasteiger partial charge in [-0.1, -0.05) is 23.7 Å². The fourth-order valence-electron chi connectivity index (χ4n) is 3.18. The maximum Gasteiger partial charge on any atom is 0.325 e. The van der Waals surface area contributed by atoms with Crippen LogP contribution >= 0.6 is 11.6 Å². The highest BCUT2D eigenvalue weighted by molar-refractivity contribution is 6.30. The van der Waals surface area contributed by atoms with Crippen LogP contribution in [0.4, 0.5) is 4.79 Å². The number of carbonyl (C=O) groups excluding carboxylic acids is 2. The smallest absolute Gasteiger partial charge is 0.325 e. The normalized spacial score (nSPS) is 18.6. The minimum absolute atomic E-state index is 0.0202. The second-order valence-corrected chi connectivity index (χ2v) is 7.22. The van der Waals surface area contributed by atoms with Crippen LogP contribution in [-0.4, -0.2) is 21.8 Å². The van der Waals surface area contributed by atoms with Crippen LogP contribution in [-0.2, 0) is 16.9 Å². The summed E-state index contributed by atoms with van der Waals surface area (Å²) < 4.78 is 5.48. The molecule has 1 atom stereocenters. The molecule has 2 aromatic carbocycles. The van der Waals surface area contributed by atoms with Crippen molar-refractivity contribution >= 4 is 23.5 Å². The molecule has 1 fully saturated rings. The Morgan fingerprint density at radius 2 is 1.86 bits per heavy atom. The number of nitrogens with zero attached hydrogens (tertiary/aromatic N) is 3. The predicted molar refractivity (Wildman–Crippen MR) is 105 cm³/mol. The molecule has 1 aliphatic heterocycles. The molecule has 3 aromatic rings. The third-order valence-corrected chi connectivity index (χ3v) is 5.08. The van der Waals surface area contributed by atoms with Crippen molar-refractivity contribution in [2.75, 3.05) is 0 Å². The van der Waals surface area contributed by atoms with Gasteiger partial charge in [-0.3, -0.25) is 9.69 Å². The van der Waals surface area contributed by atoms with Gasteiger partial charge < -0.3 is 9.73 Å². The highest BCUT2D eigenvalue weighted by Crippen LogP contribution is 2.30. The lowest BCUT2D eigenvalue weighted by Crippen LogP contribution is -2.40. The van der Waals surface area contributed by atoms with Gasteiger partial charge in [-0.05, 0) is 48.9 Å². The lowest BCUT2D eigenvalue weighted by Gasteiger charge is -2.22. The Bertz CT molecular complexity index is 1130. The van der Waals surface area contributed by atoms with Crippen molar-refractivity contribution in [1.29, 1.82) is 5.26 Å². The Balaban J connectivity index is 1.55. The van der Waals surface area contributed by atoms with E-state index in [0.717, 1.165) is 10.5 Å². The molecule has 4 rings (SSSR count). The van der Waals surface area contributed by atoms with Crippen molar-refractivity contribution in [2.24, 2.45) is 0 Å². The monoisotopic (exact) mass is 406 g/mol. The molecule has 2 heterocycles. The van der Waals surface area contributed by atoms with E-state index < -0.39 is 17.5 Å². The lowest BCUT2D eigenvalue weighted by molar-refractivity contribution is -0.131. The minimum atomic E-state index is -1.21. The molecule has 3 amide bonds. The predicted octanol–water partition coefficient (Wildman–Crippen LogP) is 3.83. The van der Waals surface area contributed by atoms with E-state index in [1.54, 1.807) is 55.5 Å². The number of hydrogen-bond donors (Lipinski definition) is 1. The molecule has 7 nitrogen and oxygen atoms in total. The molecule has 1 aliphatic rings. The zero-order valence-electron chi connectivity index (χ0n) is 15.3. The van der Waals surface area contributed by atoms with Gasteiger partial charge >= 0.3 is 6.03 Å². The van der Waals surface area contributed by atoms with Crippen LogP contribution in [0.1, 0.15) is 23.7 Å². The first-order chi connectivity index (χ1) is 13.9. The van der Waals surface area contributed by atoms with E-state index in [2.05, 4.69) is 10.3 Å². The Morgan fingerprint density at radius 3 is 2.52 bits per heavy atom. The molecule has 1 saturated heterocycles. The molecule has 0 saturated carbocycles. The first kappa shape index (κ1) is 18.7. The largest absolute Gasteiger partial charge is 0.444 e. The van der Waals surface area contributed by atoms with E-state index in [-0.39, 0.29) is 6.54 Å². The molecular formula is C21H15ClN4O3. The van der Waals surface area contributed by atoms with Gasteiger partial charge in [-0.25, -0.2) is 9.78 Å². The molecule has 29 heavy (non-hydrogen) atoms. The molecule has 1 N–H and O–H groups in total. The number of benzene rings is 2. The molecule has 0 aliphatic carbocycles. The standard InChI is InChI=1S/C21H15ClN4O3/c1-21(15-6-2-13(10-23)3-7-15)19(27)26(20(28)25-21)11-17-12-29-18(24-17)14-4-8-16(22)9-5-14/h2-9,12H,11H2,1H3,(H,25,28)/t21-/m0/s1. The number of nitriles is 1. The van der Waals surface area contributed by atoms with Crippen LogP contribution in [0, 0.1) is 11.3 Å². The van der Waals surface area contributed by atoms with Crippen LogP contribution in [0.15, 0.2) is 59.2 Å². The Labute approximate surface area is 171 Å². The third-order valence-electron chi connectivity index (χ3n) is 4.83. The number of oxazole rings is 1. The fourth-order valence-corrected chi connectivity index (χ4v) is 3.31. The molecule has 0 radical (unpaired) electrons. The minimum Gasteiger partial charge on any atom is -0.444 e. The number of imide groups is 1. The van der Waals surface area contributed by atoms with Gasteiger partial charge in [0.15, 0.2) is 0 Å². The molecule has 0 bridgehead atoms. The number of amides is 3. The summed E-state index contributed by atoms with van der Waals surface area (Å²) in [4.78, 5) is 31.0. The van der Waals surface area contributed by atoms with E-state index in [9.17, 15) is 9.59 Å². The fraction of sp³-hybridized carbons (Fsp3) is 0.143. The van der Waals surface area contributed by atoms with Crippen molar-refractivity contribution in [2.45, 2.75) is 19.0 Å². The molecule has 144 valence electrons. The van der Waals surface area contributed by atoms with Gasteiger partial charge in [0.05, 0.1) is 23.9 Å².